The van der Waals surface area contributed by atoms with Gasteiger partial charge in [-0.2, -0.15) is 13.2 Å². The molecule has 148 valence electrons. The Bertz CT molecular complexity index is 860. The first kappa shape index (κ1) is 21.1. The first-order chi connectivity index (χ1) is 13.2. The minimum atomic E-state index is -4.58. The lowest BCUT2D eigenvalue weighted by molar-refractivity contribution is -0.137. The van der Waals surface area contributed by atoms with Crippen molar-refractivity contribution >= 4 is 23.3 Å². The summed E-state index contributed by atoms with van der Waals surface area (Å²) >= 11 is 0. The molecule has 8 heteroatoms. The Morgan fingerprint density at radius 1 is 1.00 bits per heavy atom. The van der Waals surface area contributed by atoms with Gasteiger partial charge in [0, 0.05) is 17.7 Å². The van der Waals surface area contributed by atoms with Crippen LogP contribution in [0, 0.1) is 0 Å². The summed E-state index contributed by atoms with van der Waals surface area (Å²) in [6, 6.07) is 9.76. The molecule has 28 heavy (non-hydrogen) atoms. The fourth-order valence-electron chi connectivity index (χ4n) is 2.31. The van der Waals surface area contributed by atoms with E-state index in [1.165, 1.54) is 30.3 Å². The number of rotatable bonds is 7. The van der Waals surface area contributed by atoms with E-state index in [4.69, 9.17) is 4.74 Å². The normalized spacial score (nSPS) is 11.0. The van der Waals surface area contributed by atoms with Crippen molar-refractivity contribution in [3.8, 4) is 0 Å². The Balaban J connectivity index is 1.95. The second-order valence-electron chi connectivity index (χ2n) is 5.95. The Kier molecular flexibility index (Phi) is 6.92. The molecular weight excluding hydrogens is 375 g/mol. The molecule has 0 fully saturated rings. The summed E-state index contributed by atoms with van der Waals surface area (Å²) in [7, 11) is 0. The summed E-state index contributed by atoms with van der Waals surface area (Å²) in [5, 5.41) is 2.67. The third-order valence-corrected chi connectivity index (χ3v) is 3.73. The molecule has 0 unspecified atom stereocenters. The van der Waals surface area contributed by atoms with E-state index in [1.54, 1.807) is 0 Å². The lowest BCUT2D eigenvalue weighted by atomic mass is 10.1. The molecular formula is C20H18F3NO4. The van der Waals surface area contributed by atoms with E-state index < -0.39 is 30.1 Å². The highest BCUT2D eigenvalue weighted by Gasteiger charge is 2.31. The molecule has 2 rings (SSSR count). The molecule has 1 amide bonds. The zero-order chi connectivity index (χ0) is 20.7. The molecule has 0 aliphatic carbocycles. The smallest absolute Gasteiger partial charge is 0.416 e. The van der Waals surface area contributed by atoms with E-state index in [9.17, 15) is 27.6 Å². The predicted molar refractivity (Wildman–Crippen MR) is 96.0 cm³/mol. The highest BCUT2D eigenvalue weighted by atomic mass is 19.4. The lowest BCUT2D eigenvalue weighted by Crippen LogP contribution is -2.15. The van der Waals surface area contributed by atoms with Crippen LogP contribution in [-0.2, 0) is 15.7 Å². The second kappa shape index (κ2) is 9.16. The number of halogens is 3. The van der Waals surface area contributed by atoms with E-state index in [-0.39, 0.29) is 17.0 Å². The van der Waals surface area contributed by atoms with E-state index in [0.717, 1.165) is 12.1 Å². The van der Waals surface area contributed by atoms with Crippen molar-refractivity contribution in [1.82, 2.24) is 0 Å². The largest absolute Gasteiger partial charge is 0.454 e. The lowest BCUT2D eigenvalue weighted by Gasteiger charge is -2.09. The van der Waals surface area contributed by atoms with Gasteiger partial charge < -0.3 is 10.1 Å². The van der Waals surface area contributed by atoms with Crippen LogP contribution < -0.4 is 5.32 Å². The Morgan fingerprint density at radius 3 is 2.29 bits per heavy atom. The van der Waals surface area contributed by atoms with Gasteiger partial charge in [0.2, 0.25) is 5.91 Å². The van der Waals surface area contributed by atoms with Gasteiger partial charge in [-0.05, 0) is 48.9 Å². The van der Waals surface area contributed by atoms with Crippen LogP contribution in [0.4, 0.5) is 18.9 Å². The van der Waals surface area contributed by atoms with Gasteiger partial charge in [0.05, 0.1) is 11.1 Å². The molecule has 0 saturated heterocycles. The van der Waals surface area contributed by atoms with E-state index in [2.05, 4.69) is 5.32 Å². The summed E-state index contributed by atoms with van der Waals surface area (Å²) in [4.78, 5) is 35.5. The molecule has 0 atom stereocenters. The Labute approximate surface area is 159 Å². The standard InChI is InChI=1S/C20H18F3NO4/c1-2-4-18(26)24-16-9-7-13(8-10-16)17(25)12-28-19(27)14-5-3-6-15(11-14)20(21,22)23/h3,5-11H,2,4,12H2,1H3,(H,24,26). The maximum Gasteiger partial charge on any atom is 0.416 e. The van der Waals surface area contributed by atoms with Crippen LogP contribution in [0.1, 0.15) is 46.0 Å². The van der Waals surface area contributed by atoms with Crippen LogP contribution in [0.3, 0.4) is 0 Å². The Morgan fingerprint density at radius 2 is 1.68 bits per heavy atom. The number of anilines is 1. The molecule has 5 nitrogen and oxygen atoms in total. The summed E-state index contributed by atoms with van der Waals surface area (Å²) < 4.78 is 42.9. The number of amides is 1. The average molecular weight is 393 g/mol. The number of Topliss-reactive ketones (excluding diaryl/α,β-unsaturated/α-hetero) is 1. The zero-order valence-electron chi connectivity index (χ0n) is 15.0. The Hall–Kier alpha value is -3.16. The van der Waals surface area contributed by atoms with E-state index >= 15 is 0 Å². The minimum Gasteiger partial charge on any atom is -0.454 e. The second-order valence-corrected chi connectivity index (χ2v) is 5.95. The van der Waals surface area contributed by atoms with Gasteiger partial charge in [-0.15, -0.1) is 0 Å². The molecule has 2 aromatic rings. The van der Waals surface area contributed by atoms with Crippen LogP contribution in [-0.4, -0.2) is 24.3 Å². The van der Waals surface area contributed by atoms with Crippen molar-refractivity contribution in [2.45, 2.75) is 25.9 Å². The SMILES string of the molecule is CCCC(=O)Nc1ccc(C(=O)COC(=O)c2cccc(C(F)(F)F)c2)cc1. The minimum absolute atomic E-state index is 0.142. The number of carbonyl (C=O) groups is 3. The molecule has 0 aliphatic rings. The predicted octanol–water partition coefficient (Wildman–Crippen LogP) is 4.48. The number of esters is 1. The number of ether oxygens (including phenoxy) is 1. The van der Waals surface area contributed by atoms with Crippen LogP contribution >= 0.6 is 0 Å². The maximum atomic E-state index is 12.7. The molecule has 0 heterocycles. The van der Waals surface area contributed by atoms with Crippen molar-refractivity contribution in [2.75, 3.05) is 11.9 Å². The molecule has 0 bridgehead atoms. The number of ketones is 1. The van der Waals surface area contributed by atoms with Gasteiger partial charge in [-0.25, -0.2) is 4.79 Å². The van der Waals surface area contributed by atoms with Crippen LogP contribution in [0.25, 0.3) is 0 Å². The van der Waals surface area contributed by atoms with Crippen molar-refractivity contribution in [3.05, 3.63) is 65.2 Å². The number of nitrogens with one attached hydrogen (secondary N) is 1. The third kappa shape index (κ3) is 5.94. The molecule has 1 N–H and O–H groups in total. The summed E-state index contributed by atoms with van der Waals surface area (Å²) in [6.07, 6.45) is -3.49. The van der Waals surface area contributed by atoms with Gasteiger partial charge in [-0.3, -0.25) is 9.59 Å². The van der Waals surface area contributed by atoms with E-state index in [0.29, 0.717) is 24.6 Å². The summed E-state index contributed by atoms with van der Waals surface area (Å²) in [6.45, 7) is 1.26. The first-order valence-corrected chi connectivity index (χ1v) is 8.48. The number of benzene rings is 2. The van der Waals surface area contributed by atoms with Crippen LogP contribution in [0.2, 0.25) is 0 Å². The van der Waals surface area contributed by atoms with Crippen molar-refractivity contribution in [2.24, 2.45) is 0 Å². The average Bonchev–Trinajstić information content (AvgIpc) is 2.66. The van der Waals surface area contributed by atoms with Gasteiger partial charge in [0.1, 0.15) is 0 Å². The molecule has 0 aliphatic heterocycles. The van der Waals surface area contributed by atoms with Gasteiger partial charge >= 0.3 is 12.1 Å². The maximum absolute atomic E-state index is 12.7. The quantitative estimate of drug-likeness (QED) is 0.556. The fraction of sp³-hybridized carbons (Fsp3) is 0.250. The molecule has 0 spiro atoms. The fourth-order valence-corrected chi connectivity index (χ4v) is 2.31. The number of hydrogen-bond donors (Lipinski definition) is 1. The molecule has 0 aromatic heterocycles. The zero-order valence-corrected chi connectivity index (χ0v) is 15.0. The third-order valence-electron chi connectivity index (χ3n) is 3.73. The summed E-state index contributed by atoms with van der Waals surface area (Å²) in [5.74, 6) is -1.69. The van der Waals surface area contributed by atoms with Crippen LogP contribution in [0.15, 0.2) is 48.5 Å². The highest BCUT2D eigenvalue weighted by Crippen LogP contribution is 2.29. The molecule has 2 aromatic carbocycles. The van der Waals surface area contributed by atoms with Gasteiger partial charge in [0.15, 0.2) is 12.4 Å². The number of alkyl halides is 3. The first-order valence-electron chi connectivity index (χ1n) is 8.48. The van der Waals surface area contributed by atoms with Gasteiger partial charge in [-0.1, -0.05) is 13.0 Å². The summed E-state index contributed by atoms with van der Waals surface area (Å²) in [5.41, 5.74) is -0.508. The van der Waals surface area contributed by atoms with Crippen LogP contribution in [0.5, 0.6) is 0 Å². The molecule has 0 saturated carbocycles. The molecule has 0 radical (unpaired) electrons. The van der Waals surface area contributed by atoms with Crippen molar-refractivity contribution in [3.63, 3.8) is 0 Å². The van der Waals surface area contributed by atoms with E-state index in [1.807, 2.05) is 6.92 Å². The monoisotopic (exact) mass is 393 g/mol. The van der Waals surface area contributed by atoms with Crippen molar-refractivity contribution in [1.29, 1.82) is 0 Å². The highest BCUT2D eigenvalue weighted by molar-refractivity contribution is 6.00. The topological polar surface area (TPSA) is 72.5 Å². The number of carbonyl (C=O) groups excluding carboxylic acids is 3. The van der Waals surface area contributed by atoms with Crippen molar-refractivity contribution < 1.29 is 32.3 Å². The van der Waals surface area contributed by atoms with Gasteiger partial charge in [0.25, 0.3) is 0 Å². The number of hydrogen-bond acceptors (Lipinski definition) is 4.